The predicted molar refractivity (Wildman–Crippen MR) is 99.9 cm³/mol. The standard InChI is InChI=1S/C7H12O2.C5H12O3Si.C5H8O2/c1-3-5-6-9-7(8)4-2;1-5-9(6-2,7-3)8-4;1-4(2)5(6)7-3/h4H,2-3,5-6H2,1H3;5H,1H2,2-4H3;1H2,2-3H3. The van der Waals surface area contributed by atoms with Crippen LogP contribution in [0.2, 0.25) is 0 Å². The molecule has 0 aromatic heterocycles. The summed E-state index contributed by atoms with van der Waals surface area (Å²) in [7, 11) is 3.53. The summed E-state index contributed by atoms with van der Waals surface area (Å²) in [6, 6.07) is 0. The van der Waals surface area contributed by atoms with E-state index in [1.54, 1.807) is 34.0 Å². The second-order valence-electron chi connectivity index (χ2n) is 4.42. The molecule has 0 heterocycles. The zero-order valence-corrected chi connectivity index (χ0v) is 17.3. The van der Waals surface area contributed by atoms with Crippen LogP contribution in [0.5, 0.6) is 0 Å². The van der Waals surface area contributed by atoms with E-state index in [1.165, 1.54) is 13.2 Å². The van der Waals surface area contributed by atoms with Crippen molar-refractivity contribution in [2.75, 3.05) is 35.0 Å². The number of unbranched alkanes of at least 4 members (excludes halogenated alkanes) is 1. The molecule has 146 valence electrons. The molecule has 0 aromatic carbocycles. The average Bonchev–Trinajstić information content (AvgIpc) is 2.64. The molecule has 0 saturated heterocycles. The lowest BCUT2D eigenvalue weighted by molar-refractivity contribution is -0.138. The first-order valence-corrected chi connectivity index (χ1v) is 9.36. The van der Waals surface area contributed by atoms with Crippen LogP contribution in [0.1, 0.15) is 26.7 Å². The number of methoxy groups -OCH3 is 1. The molecule has 0 spiro atoms. The highest BCUT2D eigenvalue weighted by Crippen LogP contribution is 2.04. The van der Waals surface area contributed by atoms with Gasteiger partial charge in [-0.15, -0.1) is 0 Å². The second-order valence-corrected chi connectivity index (χ2v) is 7.26. The van der Waals surface area contributed by atoms with Crippen molar-refractivity contribution in [1.29, 1.82) is 0 Å². The van der Waals surface area contributed by atoms with Crippen LogP contribution in [-0.2, 0) is 32.3 Å². The van der Waals surface area contributed by atoms with Crippen LogP contribution in [0.3, 0.4) is 0 Å². The Kier molecular flexibility index (Phi) is 20.9. The van der Waals surface area contributed by atoms with Gasteiger partial charge in [-0.1, -0.05) is 33.1 Å². The molecule has 0 saturated carbocycles. The number of hydrogen-bond donors (Lipinski definition) is 0. The fourth-order valence-electron chi connectivity index (χ4n) is 1.05. The van der Waals surface area contributed by atoms with Gasteiger partial charge in [0.25, 0.3) is 0 Å². The number of carbonyl (C=O) groups is 2. The molecule has 0 N–H and O–H groups in total. The topological polar surface area (TPSA) is 80.3 Å². The van der Waals surface area contributed by atoms with Gasteiger partial charge in [0.1, 0.15) is 0 Å². The predicted octanol–water partition coefficient (Wildman–Crippen LogP) is 2.84. The van der Waals surface area contributed by atoms with E-state index in [1.807, 2.05) is 6.92 Å². The SMILES string of the molecule is C=C(C)C(=O)OC.C=CC(=O)OCCCC.C=C[Si](OC)(OC)OC. The van der Waals surface area contributed by atoms with Gasteiger partial charge in [0.2, 0.25) is 0 Å². The van der Waals surface area contributed by atoms with Crippen LogP contribution < -0.4 is 0 Å². The van der Waals surface area contributed by atoms with Crippen molar-refractivity contribution in [2.24, 2.45) is 0 Å². The van der Waals surface area contributed by atoms with E-state index >= 15 is 0 Å². The summed E-state index contributed by atoms with van der Waals surface area (Å²) in [5.74, 6) is -0.677. The van der Waals surface area contributed by atoms with Gasteiger partial charge < -0.3 is 22.8 Å². The van der Waals surface area contributed by atoms with E-state index in [9.17, 15) is 9.59 Å². The first kappa shape index (κ1) is 28.1. The Morgan fingerprint density at radius 2 is 1.52 bits per heavy atom. The zero-order chi connectivity index (χ0) is 20.3. The van der Waals surface area contributed by atoms with Crippen molar-refractivity contribution in [3.8, 4) is 0 Å². The average molecular weight is 377 g/mol. The normalized spacial score (nSPS) is 9.36. The minimum Gasteiger partial charge on any atom is -0.466 e. The quantitative estimate of drug-likeness (QED) is 0.265. The number of ether oxygens (including phenoxy) is 2. The van der Waals surface area contributed by atoms with E-state index in [-0.39, 0.29) is 11.9 Å². The van der Waals surface area contributed by atoms with E-state index in [2.05, 4.69) is 29.2 Å². The number of rotatable bonds is 9. The van der Waals surface area contributed by atoms with Gasteiger partial charge in [-0.3, -0.25) is 0 Å². The second kappa shape index (κ2) is 18.6. The Balaban J connectivity index is -0.000000293. The van der Waals surface area contributed by atoms with E-state index < -0.39 is 8.80 Å². The van der Waals surface area contributed by atoms with Crippen molar-refractivity contribution in [2.45, 2.75) is 26.7 Å². The Bertz CT molecular complexity index is 396. The van der Waals surface area contributed by atoms with Crippen molar-refractivity contribution in [3.63, 3.8) is 0 Å². The summed E-state index contributed by atoms with van der Waals surface area (Å²) >= 11 is 0. The molecule has 0 aliphatic rings. The van der Waals surface area contributed by atoms with E-state index in [0.29, 0.717) is 12.2 Å². The van der Waals surface area contributed by atoms with Crippen LogP contribution in [0.4, 0.5) is 0 Å². The molecule has 0 aliphatic heterocycles. The minimum absolute atomic E-state index is 0.330. The van der Waals surface area contributed by atoms with Crippen LogP contribution in [-0.4, -0.2) is 55.8 Å². The first-order chi connectivity index (χ1) is 11.7. The third-order valence-corrected chi connectivity index (χ3v) is 4.75. The van der Waals surface area contributed by atoms with Crippen molar-refractivity contribution < 1.29 is 32.3 Å². The fraction of sp³-hybridized carbons (Fsp3) is 0.529. The highest BCUT2D eigenvalue weighted by Gasteiger charge is 2.33. The molecule has 0 unspecified atom stereocenters. The molecule has 8 heteroatoms. The van der Waals surface area contributed by atoms with Crippen LogP contribution in [0, 0.1) is 0 Å². The molecular formula is C17H32O7Si. The first-order valence-electron chi connectivity index (χ1n) is 7.56. The van der Waals surface area contributed by atoms with E-state index in [0.717, 1.165) is 12.8 Å². The summed E-state index contributed by atoms with van der Waals surface area (Å²) in [5, 5.41) is 0. The van der Waals surface area contributed by atoms with Crippen LogP contribution in [0.15, 0.2) is 37.1 Å². The third kappa shape index (κ3) is 16.9. The molecule has 7 nitrogen and oxygen atoms in total. The summed E-state index contributed by atoms with van der Waals surface area (Å²) in [6.07, 6.45) is 3.15. The smallest absolute Gasteiger partial charge is 0.466 e. The maximum Gasteiger partial charge on any atom is 0.528 e. The molecular weight excluding hydrogens is 344 g/mol. The van der Waals surface area contributed by atoms with Gasteiger partial charge in [-0.25, -0.2) is 9.59 Å². The summed E-state index contributed by atoms with van der Waals surface area (Å²) in [6.45, 7) is 14.3. The lowest BCUT2D eigenvalue weighted by Gasteiger charge is -2.19. The molecule has 0 atom stereocenters. The maximum absolute atomic E-state index is 10.3. The van der Waals surface area contributed by atoms with Crippen molar-refractivity contribution >= 4 is 20.7 Å². The van der Waals surface area contributed by atoms with Crippen LogP contribution in [0.25, 0.3) is 0 Å². The summed E-state index contributed by atoms with van der Waals surface area (Å²) in [5.41, 5.74) is 2.01. The summed E-state index contributed by atoms with van der Waals surface area (Å²) < 4.78 is 23.8. The Morgan fingerprint density at radius 1 is 1.04 bits per heavy atom. The Labute approximate surface area is 152 Å². The zero-order valence-electron chi connectivity index (χ0n) is 16.3. The van der Waals surface area contributed by atoms with Gasteiger partial charge >= 0.3 is 20.7 Å². The lowest BCUT2D eigenvalue weighted by Crippen LogP contribution is -2.40. The molecule has 0 radical (unpaired) electrons. The van der Waals surface area contributed by atoms with Gasteiger partial charge in [0.15, 0.2) is 0 Å². The van der Waals surface area contributed by atoms with Crippen molar-refractivity contribution in [3.05, 3.63) is 37.1 Å². The highest BCUT2D eigenvalue weighted by atomic mass is 28.4. The maximum atomic E-state index is 10.3. The molecule has 0 aliphatic carbocycles. The number of hydrogen-bond acceptors (Lipinski definition) is 7. The number of esters is 2. The minimum atomic E-state index is -2.43. The largest absolute Gasteiger partial charge is 0.528 e. The monoisotopic (exact) mass is 376 g/mol. The molecule has 0 aromatic rings. The molecule has 0 fully saturated rings. The van der Waals surface area contributed by atoms with Gasteiger partial charge in [0, 0.05) is 33.0 Å². The highest BCUT2D eigenvalue weighted by molar-refractivity contribution is 6.66. The van der Waals surface area contributed by atoms with Crippen LogP contribution >= 0.6 is 0 Å². The number of carbonyl (C=O) groups excluding carboxylic acids is 2. The van der Waals surface area contributed by atoms with Crippen molar-refractivity contribution in [1.82, 2.24) is 0 Å². The molecule has 0 rings (SSSR count). The van der Waals surface area contributed by atoms with Gasteiger partial charge in [0.05, 0.1) is 13.7 Å². The van der Waals surface area contributed by atoms with Gasteiger partial charge in [-0.2, -0.15) is 0 Å². The molecule has 25 heavy (non-hydrogen) atoms. The molecule has 0 amide bonds. The molecule has 0 bridgehead atoms. The lowest BCUT2D eigenvalue weighted by atomic mass is 10.4. The fourth-order valence-corrected chi connectivity index (χ4v) is 2.05. The summed E-state index contributed by atoms with van der Waals surface area (Å²) in [4.78, 5) is 20.5. The van der Waals surface area contributed by atoms with Gasteiger partial charge in [-0.05, 0) is 19.0 Å². The Hall–Kier alpha value is -1.74. The van der Waals surface area contributed by atoms with E-state index in [4.69, 9.17) is 13.3 Å². The third-order valence-electron chi connectivity index (χ3n) is 2.55. The Morgan fingerprint density at radius 3 is 1.68 bits per heavy atom.